The maximum absolute atomic E-state index is 15.9. The second kappa shape index (κ2) is 36.9. The maximum Gasteiger partial charge on any atom is 0.419 e. The molecular formula is C80H115F3N12O14. The second-order valence-corrected chi connectivity index (χ2v) is 31.2. The van der Waals surface area contributed by atoms with Gasteiger partial charge in [-0.25, -0.2) is 0 Å². The summed E-state index contributed by atoms with van der Waals surface area (Å²) < 4.78 is 54.0. The summed E-state index contributed by atoms with van der Waals surface area (Å²) in [5.74, 6) is -9.00. The van der Waals surface area contributed by atoms with Gasteiger partial charge in [0.1, 0.15) is 65.7 Å². The summed E-state index contributed by atoms with van der Waals surface area (Å²) in [5.41, 5.74) is -0.718. The third-order valence-electron chi connectivity index (χ3n) is 24.2. The quantitative estimate of drug-likeness (QED) is 0.208. The first-order chi connectivity index (χ1) is 51.8. The minimum Gasteiger partial charge on any atom is -0.496 e. The van der Waals surface area contributed by atoms with Crippen LogP contribution in [-0.4, -0.2) is 281 Å². The number of halogens is 3. The Morgan fingerprint density at radius 1 is 0.651 bits per heavy atom. The van der Waals surface area contributed by atoms with Gasteiger partial charge in [0, 0.05) is 94.5 Å². The number of hydrogen-bond acceptors (Lipinski definition) is 14. The van der Waals surface area contributed by atoms with Gasteiger partial charge in [-0.15, -0.1) is 0 Å². The van der Waals surface area contributed by atoms with Gasteiger partial charge in [-0.05, 0) is 139 Å². The van der Waals surface area contributed by atoms with E-state index in [0.29, 0.717) is 82.0 Å². The lowest BCUT2D eigenvalue weighted by molar-refractivity contribution is -0.166. The number of nitrogens with one attached hydrogen (secondary N) is 2. The Kier molecular flexibility index (Phi) is 28.6. The van der Waals surface area contributed by atoms with Gasteiger partial charge >= 0.3 is 6.18 Å². The fourth-order valence-electron chi connectivity index (χ4n) is 17.2. The number of carbonyl (C=O) groups excluding carboxylic acids is 12. The van der Waals surface area contributed by atoms with Crippen LogP contribution in [0.25, 0.3) is 0 Å². The molecule has 26 nitrogen and oxygen atoms in total. The van der Waals surface area contributed by atoms with E-state index < -0.39 is 179 Å². The van der Waals surface area contributed by atoms with Crippen molar-refractivity contribution < 1.29 is 80.2 Å². The minimum atomic E-state index is -4.78. The number of likely N-dealkylation sites (N-methyl/N-ethyl adjacent to an activating group) is 6. The molecule has 2 saturated carbocycles. The number of hydrogen-bond donors (Lipinski definition) is 2. The van der Waals surface area contributed by atoms with E-state index in [4.69, 9.17) is 9.47 Å². The SMILES string of the molecule is CCC[C@H]1C(=O)N[C@@H]([C@@H](C)CC)C(=O)N2CCC[C@H]2C(=O)N(C)[C@H]2C/C=C\CCN(C2=O)[C@@H](Cc2ccc(C)cc2)C(=O)N(C)CC(=O)N[C@@H](CCc2ccc(C(F)(F)F)c(OC)c2)C(=O)N2C[C@H](OCC)C[C@H]2C(=O)N(C)C2(CCC2)C(=O)N(C)[C@@H](C2CCCC2)C(=O)N(C)[C@H](C(=O)N2CCCC2)CC(=O)N1C. The number of nitrogens with zero attached hydrogens (tertiary/aromatic N) is 10. The Hall–Kier alpha value is -8.63. The number of aryl methyl sites for hydroxylation is 2. The zero-order valence-electron chi connectivity index (χ0n) is 65.7. The van der Waals surface area contributed by atoms with Crippen LogP contribution in [0, 0.1) is 18.8 Å². The van der Waals surface area contributed by atoms with Gasteiger partial charge in [0.05, 0.1) is 31.7 Å². The number of likely N-dealkylation sites (tertiary alicyclic amines) is 1. The second-order valence-electron chi connectivity index (χ2n) is 31.2. The zero-order chi connectivity index (χ0) is 79.5. The molecule has 2 bridgehead atoms. The van der Waals surface area contributed by atoms with Crippen molar-refractivity contribution in [1.29, 1.82) is 0 Å². The molecule has 7 aliphatic rings. The van der Waals surface area contributed by atoms with E-state index in [9.17, 15) is 18.0 Å². The van der Waals surface area contributed by atoms with Crippen LogP contribution in [0.2, 0.25) is 0 Å². The van der Waals surface area contributed by atoms with Crippen LogP contribution in [0.3, 0.4) is 0 Å². The number of carbonyl (C=O) groups is 12. The summed E-state index contributed by atoms with van der Waals surface area (Å²) >= 11 is 0. The lowest BCUT2D eigenvalue weighted by Gasteiger charge is -2.51. The number of benzene rings is 2. The van der Waals surface area contributed by atoms with Crippen molar-refractivity contribution in [2.24, 2.45) is 11.8 Å². The number of methoxy groups -OCH3 is 1. The summed E-state index contributed by atoms with van der Waals surface area (Å²) in [7, 11) is 9.84. The van der Waals surface area contributed by atoms with Gasteiger partial charge in [0.15, 0.2) is 0 Å². The molecule has 2 aromatic rings. The van der Waals surface area contributed by atoms with Gasteiger partial charge in [0.2, 0.25) is 70.9 Å². The largest absolute Gasteiger partial charge is 0.496 e. The molecular weight excluding hydrogens is 1410 g/mol. The first-order valence-electron chi connectivity index (χ1n) is 39.3. The Balaban J connectivity index is 1.14. The van der Waals surface area contributed by atoms with Crippen molar-refractivity contribution in [2.45, 2.75) is 242 Å². The summed E-state index contributed by atoms with van der Waals surface area (Å²) in [6, 6.07) is -0.745. The first-order valence-corrected chi connectivity index (χ1v) is 39.3. The molecule has 0 radical (unpaired) electrons. The van der Waals surface area contributed by atoms with Crippen molar-refractivity contribution >= 4 is 70.9 Å². The van der Waals surface area contributed by atoms with E-state index in [-0.39, 0.29) is 84.0 Å². The van der Waals surface area contributed by atoms with Gasteiger partial charge < -0.3 is 69.1 Å². The molecule has 2 aliphatic carbocycles. The highest BCUT2D eigenvalue weighted by Crippen LogP contribution is 2.43. The predicted octanol–water partition coefficient (Wildman–Crippen LogP) is 5.92. The number of rotatable bonds is 14. The smallest absolute Gasteiger partial charge is 0.419 e. The average molecular weight is 1530 g/mol. The van der Waals surface area contributed by atoms with Crippen LogP contribution in [-0.2, 0) is 81.3 Å². The molecule has 12 amide bonds. The molecule has 109 heavy (non-hydrogen) atoms. The van der Waals surface area contributed by atoms with E-state index in [0.717, 1.165) is 36.5 Å². The Bertz CT molecular complexity index is 3670. The van der Waals surface area contributed by atoms with Crippen LogP contribution in [0.5, 0.6) is 5.75 Å². The Morgan fingerprint density at radius 2 is 1.33 bits per heavy atom. The van der Waals surface area contributed by atoms with Gasteiger partial charge in [-0.3, -0.25) is 57.5 Å². The van der Waals surface area contributed by atoms with Crippen molar-refractivity contribution in [1.82, 2.24) is 59.6 Å². The third kappa shape index (κ3) is 18.9. The first kappa shape index (κ1) is 84.4. The molecule has 11 atom stereocenters. The molecule has 29 heteroatoms. The van der Waals surface area contributed by atoms with E-state index in [2.05, 4.69) is 10.6 Å². The molecule has 6 fully saturated rings. The third-order valence-corrected chi connectivity index (χ3v) is 24.2. The van der Waals surface area contributed by atoms with Crippen LogP contribution in [0.15, 0.2) is 54.6 Å². The normalized spacial score (nSPS) is 27.8. The van der Waals surface area contributed by atoms with Crippen molar-refractivity contribution in [3.05, 3.63) is 76.9 Å². The number of amides is 12. The van der Waals surface area contributed by atoms with Crippen LogP contribution in [0.4, 0.5) is 13.2 Å². The summed E-state index contributed by atoms with van der Waals surface area (Å²) in [6.45, 7) is 9.33. The van der Waals surface area contributed by atoms with E-state index in [1.807, 2.05) is 51.1 Å². The number of fused-ring (bicyclic) bond motifs is 4. The van der Waals surface area contributed by atoms with Crippen LogP contribution in [0.1, 0.15) is 172 Å². The molecule has 9 rings (SSSR count). The fraction of sp³-hybridized carbons (Fsp3) is 0.675. The molecule has 600 valence electrons. The minimum absolute atomic E-state index is 0.000259. The average Bonchev–Trinajstić information content (AvgIpc) is 1.64. The molecule has 1 spiro atoms. The monoisotopic (exact) mass is 1520 g/mol. The lowest BCUT2D eigenvalue weighted by Crippen LogP contribution is -2.68. The lowest BCUT2D eigenvalue weighted by atomic mass is 9.73. The standard InChI is InChI=1S/C80H115F3N12O14/c1-13-25-58-69(98)85-67(51(5)14-2)76(105)93-43-23-29-60(93)72(101)88(8)59-28-17-16-20-42-94(75(59)104)62(44-52-32-30-50(4)31-33-52)71(100)86(6)49-65(96)84-57(37-35-53-34-36-56(80(81,82)83)64(45-53)108-12)70(99)95-48-55(109-15-3)46-63(95)73(102)91(11)79(38-24-39-79)78(107)90(10)68(54-26-18-19-27-54)77(106)89(9)61(47-66(97)87(58)7)74(103)92-40-21-22-41-92/h16-17,30-34,36,45,51,54-55,57-63,67-68H,13-15,18-29,35,37-44,46-49H2,1-12H3,(H,84,96)(H,85,98)/b17-16-/t51-,55+,57-,58-,59-,60-,61-,62-,63-,67-,68-/m0/s1. The molecule has 0 unspecified atom stereocenters. The van der Waals surface area contributed by atoms with E-state index in [1.165, 1.54) is 93.6 Å². The molecule has 0 aromatic heterocycles. The van der Waals surface area contributed by atoms with Gasteiger partial charge in [0.25, 0.3) is 0 Å². The highest BCUT2D eigenvalue weighted by atomic mass is 19.4. The number of ether oxygens (including phenoxy) is 2. The predicted molar refractivity (Wildman–Crippen MR) is 399 cm³/mol. The molecule has 4 saturated heterocycles. The van der Waals surface area contributed by atoms with Crippen LogP contribution >= 0.6 is 0 Å². The van der Waals surface area contributed by atoms with E-state index in [1.54, 1.807) is 24.8 Å². The van der Waals surface area contributed by atoms with E-state index >= 15 is 52.7 Å². The highest BCUT2D eigenvalue weighted by Gasteiger charge is 2.57. The van der Waals surface area contributed by atoms with Crippen LogP contribution < -0.4 is 15.4 Å². The van der Waals surface area contributed by atoms with Crippen molar-refractivity contribution in [3.8, 4) is 5.75 Å². The molecule has 2 aromatic carbocycles. The number of alkyl halides is 3. The van der Waals surface area contributed by atoms with Gasteiger partial charge in [-0.1, -0.05) is 94.5 Å². The molecule has 5 aliphatic heterocycles. The van der Waals surface area contributed by atoms with Crippen molar-refractivity contribution in [2.75, 3.05) is 95.3 Å². The van der Waals surface area contributed by atoms with Gasteiger partial charge in [-0.2, -0.15) is 13.2 Å². The molecule has 5 heterocycles. The summed E-state index contributed by atoms with van der Waals surface area (Å²) in [5, 5.41) is 5.82. The zero-order valence-corrected chi connectivity index (χ0v) is 65.7. The Labute approximate surface area is 639 Å². The van der Waals surface area contributed by atoms with Crippen molar-refractivity contribution in [3.63, 3.8) is 0 Å². The topological polar surface area (TPSA) is 280 Å². The fourth-order valence-corrected chi connectivity index (χ4v) is 17.2. The maximum atomic E-state index is 15.9. The summed E-state index contributed by atoms with van der Waals surface area (Å²) in [6.07, 6.45) is 3.75. The molecule has 2 N–H and O–H groups in total. The highest BCUT2D eigenvalue weighted by molar-refractivity contribution is 6.01. The Morgan fingerprint density at radius 3 is 1.95 bits per heavy atom. The summed E-state index contributed by atoms with van der Waals surface area (Å²) in [4.78, 5) is 199.